The van der Waals surface area contributed by atoms with Crippen molar-refractivity contribution < 1.29 is 19.4 Å². The molecule has 0 aliphatic rings. The molecule has 0 saturated carbocycles. The molecule has 78 valence electrons. The van der Waals surface area contributed by atoms with Gasteiger partial charge >= 0.3 is 0 Å². The van der Waals surface area contributed by atoms with Crippen molar-refractivity contribution in [2.75, 3.05) is 11.1 Å². The molecular formula is C4H7BrClF5S. The SMILES string of the molecule is FS(F)(F)(F)(F)CC(Cl)CCBr. The molecule has 0 aromatic rings. The van der Waals surface area contributed by atoms with Crippen LogP contribution in [-0.4, -0.2) is 16.5 Å². The Labute approximate surface area is 80.3 Å². The highest BCUT2D eigenvalue weighted by atomic mass is 79.9. The van der Waals surface area contributed by atoms with Gasteiger partial charge in [0.2, 0.25) is 0 Å². The summed E-state index contributed by atoms with van der Waals surface area (Å²) in [5, 5.41) is -1.38. The molecule has 0 heterocycles. The minimum atomic E-state index is -9.30. The Balaban J connectivity index is 4.27. The summed E-state index contributed by atoms with van der Waals surface area (Å²) in [6.07, 6.45) is -0.132. The molecule has 0 N–H and O–H groups in total. The number of rotatable bonds is 4. The second-order valence-corrected chi connectivity index (χ2v) is 6.37. The molecule has 1 atom stereocenters. The molecule has 8 heteroatoms. The molecule has 0 aromatic heterocycles. The Bertz CT molecular complexity index is 163. The fourth-order valence-corrected chi connectivity index (χ4v) is 3.03. The molecule has 0 amide bonds. The van der Waals surface area contributed by atoms with Crippen molar-refractivity contribution in [2.24, 2.45) is 0 Å². The molecule has 0 rings (SSSR count). The molecule has 0 spiro atoms. The predicted octanol–water partition coefficient (Wildman–Crippen LogP) is 4.68. The fraction of sp³-hybridized carbons (Fsp3) is 1.00. The standard InChI is InChI=1S/C4H7BrClF5S/c5-2-1-4(6)3-12(7,8,9,10)11/h4H,1-3H2. The second-order valence-electron chi connectivity index (χ2n) is 2.37. The second kappa shape index (κ2) is 2.88. The average Bonchev–Trinajstić information content (AvgIpc) is 1.54. The van der Waals surface area contributed by atoms with E-state index in [0.717, 1.165) is 0 Å². The van der Waals surface area contributed by atoms with E-state index in [1.165, 1.54) is 0 Å². The third-order valence-corrected chi connectivity index (χ3v) is 2.96. The van der Waals surface area contributed by atoms with E-state index >= 15 is 0 Å². The summed E-state index contributed by atoms with van der Waals surface area (Å²) < 4.78 is 58.4. The lowest BCUT2D eigenvalue weighted by Gasteiger charge is -2.41. The predicted molar refractivity (Wildman–Crippen MR) is 46.1 cm³/mol. The molecular weight excluding hydrogens is 290 g/mol. The van der Waals surface area contributed by atoms with Crippen LogP contribution in [0.15, 0.2) is 0 Å². The van der Waals surface area contributed by atoms with Gasteiger partial charge in [-0.25, -0.2) is 0 Å². The molecule has 1 unspecified atom stereocenters. The van der Waals surface area contributed by atoms with Gasteiger partial charge in [-0.2, -0.15) is 0 Å². The zero-order chi connectivity index (χ0) is 10.1. The van der Waals surface area contributed by atoms with Gasteiger partial charge in [0, 0.05) is 5.33 Å². The third kappa shape index (κ3) is 8.86. The Hall–Kier alpha value is 0.770. The van der Waals surface area contributed by atoms with Gasteiger partial charge in [0.05, 0.1) is 5.38 Å². The first-order valence-electron chi connectivity index (χ1n) is 2.86. The van der Waals surface area contributed by atoms with Gasteiger partial charge in [0.1, 0.15) is 5.75 Å². The number of alkyl halides is 2. The van der Waals surface area contributed by atoms with E-state index in [2.05, 4.69) is 15.9 Å². The van der Waals surface area contributed by atoms with Crippen LogP contribution in [0, 0.1) is 0 Å². The topological polar surface area (TPSA) is 0 Å². The summed E-state index contributed by atoms with van der Waals surface area (Å²) in [4.78, 5) is 0. The van der Waals surface area contributed by atoms with Crippen LogP contribution in [0.25, 0.3) is 0 Å². The minimum absolute atomic E-state index is 0.132. The monoisotopic (exact) mass is 296 g/mol. The van der Waals surface area contributed by atoms with Crippen molar-refractivity contribution in [1.82, 2.24) is 0 Å². The molecule has 0 aliphatic carbocycles. The van der Waals surface area contributed by atoms with Gasteiger partial charge in [0.15, 0.2) is 0 Å². The van der Waals surface area contributed by atoms with Crippen LogP contribution >= 0.6 is 37.8 Å². The van der Waals surface area contributed by atoms with Gasteiger partial charge in [-0.3, -0.25) is 0 Å². The van der Waals surface area contributed by atoms with Crippen LogP contribution < -0.4 is 0 Å². The van der Waals surface area contributed by atoms with Gasteiger partial charge in [0.25, 0.3) is 10.2 Å². The summed E-state index contributed by atoms with van der Waals surface area (Å²) in [7, 11) is -9.30. The van der Waals surface area contributed by atoms with Gasteiger partial charge in [-0.15, -0.1) is 11.6 Å². The Morgan fingerprint density at radius 2 is 1.58 bits per heavy atom. The summed E-state index contributed by atoms with van der Waals surface area (Å²) in [5.41, 5.74) is 0. The summed E-state index contributed by atoms with van der Waals surface area (Å²) in [5.74, 6) is -2.19. The van der Waals surface area contributed by atoms with Crippen molar-refractivity contribution in [3.8, 4) is 0 Å². The lowest BCUT2D eigenvalue weighted by atomic mass is 10.4. The highest BCUT2D eigenvalue weighted by Crippen LogP contribution is 2.98. The fourth-order valence-electron chi connectivity index (χ4n) is 0.543. The maximum absolute atomic E-state index is 11.7. The van der Waals surface area contributed by atoms with E-state index in [9.17, 15) is 19.4 Å². The zero-order valence-corrected chi connectivity index (χ0v) is 8.91. The highest BCUT2D eigenvalue weighted by molar-refractivity contribution is 9.09. The van der Waals surface area contributed by atoms with E-state index in [-0.39, 0.29) is 11.8 Å². The molecule has 0 nitrogen and oxygen atoms in total. The smallest absolute Gasteiger partial charge is 0.122 e. The maximum atomic E-state index is 11.7. The van der Waals surface area contributed by atoms with Crippen LogP contribution in [0.2, 0.25) is 0 Å². The van der Waals surface area contributed by atoms with Gasteiger partial charge in [-0.1, -0.05) is 35.4 Å². The van der Waals surface area contributed by atoms with E-state index in [1.54, 1.807) is 0 Å². The molecule has 0 radical (unpaired) electrons. The number of hydrogen-bond acceptors (Lipinski definition) is 0. The summed E-state index contributed by atoms with van der Waals surface area (Å²) >= 11 is 7.85. The average molecular weight is 298 g/mol. The number of halogens is 7. The lowest BCUT2D eigenvalue weighted by molar-refractivity contribution is 0.362. The Morgan fingerprint density at radius 3 is 1.83 bits per heavy atom. The van der Waals surface area contributed by atoms with E-state index < -0.39 is 21.4 Å². The van der Waals surface area contributed by atoms with Crippen molar-refractivity contribution in [2.45, 2.75) is 11.8 Å². The normalized spacial score (nSPS) is 21.2. The van der Waals surface area contributed by atoms with Crippen LogP contribution in [0.1, 0.15) is 6.42 Å². The lowest BCUT2D eigenvalue weighted by Crippen LogP contribution is -2.20. The van der Waals surface area contributed by atoms with E-state index in [1.807, 2.05) is 0 Å². The summed E-state index contributed by atoms with van der Waals surface area (Å²) in [6.45, 7) is 0. The first-order valence-corrected chi connectivity index (χ1v) is 6.54. The van der Waals surface area contributed by atoms with Crippen molar-refractivity contribution in [1.29, 1.82) is 0 Å². The quantitative estimate of drug-likeness (QED) is 0.522. The van der Waals surface area contributed by atoms with Crippen molar-refractivity contribution >= 4 is 37.8 Å². The van der Waals surface area contributed by atoms with Crippen LogP contribution in [0.5, 0.6) is 0 Å². The Morgan fingerprint density at radius 1 is 1.17 bits per heavy atom. The zero-order valence-electron chi connectivity index (χ0n) is 5.75. The molecule has 0 fully saturated rings. The van der Waals surface area contributed by atoms with E-state index in [4.69, 9.17) is 11.6 Å². The molecule has 0 aliphatic heterocycles. The minimum Gasteiger partial charge on any atom is -0.122 e. The third-order valence-electron chi connectivity index (χ3n) is 0.918. The maximum Gasteiger partial charge on any atom is 0.287 e. The first kappa shape index (κ1) is 12.8. The molecule has 0 saturated heterocycles. The number of hydrogen-bond donors (Lipinski definition) is 0. The van der Waals surface area contributed by atoms with Gasteiger partial charge < -0.3 is 0 Å². The summed E-state index contributed by atoms with van der Waals surface area (Å²) in [6, 6.07) is 0. The highest BCUT2D eigenvalue weighted by Gasteiger charge is 2.63. The first-order chi connectivity index (χ1) is 4.93. The molecule has 0 bridgehead atoms. The van der Waals surface area contributed by atoms with Crippen molar-refractivity contribution in [3.63, 3.8) is 0 Å². The molecule has 12 heavy (non-hydrogen) atoms. The molecule has 0 aromatic carbocycles. The Kier molecular flexibility index (Phi) is 3.07. The van der Waals surface area contributed by atoms with Crippen LogP contribution in [-0.2, 0) is 0 Å². The van der Waals surface area contributed by atoms with Crippen LogP contribution in [0.3, 0.4) is 0 Å². The van der Waals surface area contributed by atoms with Crippen LogP contribution in [0.4, 0.5) is 19.4 Å². The van der Waals surface area contributed by atoms with Crippen molar-refractivity contribution in [3.05, 3.63) is 0 Å². The van der Waals surface area contributed by atoms with Gasteiger partial charge in [-0.05, 0) is 6.42 Å². The van der Waals surface area contributed by atoms with E-state index in [0.29, 0.717) is 0 Å². The largest absolute Gasteiger partial charge is 0.287 e.